The highest BCUT2D eigenvalue weighted by Crippen LogP contribution is 2.31. The number of amides is 1. The number of carbonyl (C=O) groups excluding carboxylic acids is 1. The van der Waals surface area contributed by atoms with Gasteiger partial charge in [0.1, 0.15) is 11.5 Å². The molecule has 0 fully saturated rings. The Labute approximate surface area is 190 Å². The van der Waals surface area contributed by atoms with E-state index in [4.69, 9.17) is 27.6 Å². The molecule has 154 valence electrons. The van der Waals surface area contributed by atoms with Gasteiger partial charge in [-0.25, -0.2) is 5.43 Å². The minimum absolute atomic E-state index is 0.238. The summed E-state index contributed by atoms with van der Waals surface area (Å²) in [6.07, 6.45) is 1.45. The zero-order chi connectivity index (χ0) is 21.6. The maximum absolute atomic E-state index is 13.0. The maximum Gasteiger partial charge on any atom is 0.252 e. The van der Waals surface area contributed by atoms with E-state index in [2.05, 4.69) is 10.5 Å². The highest BCUT2D eigenvalue weighted by Gasteiger charge is 2.22. The molecule has 4 aromatic rings. The van der Waals surface area contributed by atoms with Crippen molar-refractivity contribution in [3.05, 3.63) is 118 Å². The van der Waals surface area contributed by atoms with Gasteiger partial charge in [-0.2, -0.15) is 5.10 Å². The molecule has 0 atom stereocenters. The summed E-state index contributed by atoms with van der Waals surface area (Å²) >= 11 is 12.3. The zero-order valence-corrected chi connectivity index (χ0v) is 17.8. The first-order valence-corrected chi connectivity index (χ1v) is 10.4. The van der Waals surface area contributed by atoms with Crippen LogP contribution in [0, 0.1) is 0 Å². The molecule has 4 rings (SSSR count). The fraction of sp³-hybridized carbons (Fsp3) is 0.0400. The van der Waals surface area contributed by atoms with Crippen molar-refractivity contribution < 1.29 is 9.21 Å². The third-order valence-electron chi connectivity index (χ3n) is 4.72. The van der Waals surface area contributed by atoms with Crippen LogP contribution < -0.4 is 5.43 Å². The summed E-state index contributed by atoms with van der Waals surface area (Å²) in [4.78, 5) is 13.0. The molecule has 0 unspecified atom stereocenters. The number of halogens is 2. The lowest BCUT2D eigenvalue weighted by atomic mass is 9.91. The highest BCUT2D eigenvalue weighted by molar-refractivity contribution is 6.35. The molecule has 1 amide bonds. The molecule has 0 aliphatic heterocycles. The Kier molecular flexibility index (Phi) is 6.51. The number of hydrogen-bond donors (Lipinski definition) is 1. The number of nitrogens with one attached hydrogen (secondary N) is 1. The maximum atomic E-state index is 13.0. The van der Waals surface area contributed by atoms with E-state index < -0.39 is 5.92 Å². The van der Waals surface area contributed by atoms with E-state index in [9.17, 15) is 4.79 Å². The lowest BCUT2D eigenvalue weighted by molar-refractivity contribution is -0.121. The smallest absolute Gasteiger partial charge is 0.252 e. The minimum atomic E-state index is -0.475. The Morgan fingerprint density at radius 3 is 2.16 bits per heavy atom. The summed E-state index contributed by atoms with van der Waals surface area (Å²) < 4.78 is 5.77. The Morgan fingerprint density at radius 1 is 0.871 bits per heavy atom. The van der Waals surface area contributed by atoms with E-state index in [0.717, 1.165) is 11.1 Å². The van der Waals surface area contributed by atoms with Gasteiger partial charge in [-0.3, -0.25) is 4.79 Å². The van der Waals surface area contributed by atoms with Crippen LogP contribution in [-0.4, -0.2) is 12.1 Å². The van der Waals surface area contributed by atoms with Gasteiger partial charge in [-0.05, 0) is 41.5 Å². The van der Waals surface area contributed by atoms with E-state index in [0.29, 0.717) is 27.1 Å². The van der Waals surface area contributed by atoms with Crippen molar-refractivity contribution in [3.63, 3.8) is 0 Å². The predicted molar refractivity (Wildman–Crippen MR) is 125 cm³/mol. The summed E-state index contributed by atoms with van der Waals surface area (Å²) in [6, 6.07) is 27.9. The third-order valence-corrected chi connectivity index (χ3v) is 5.28. The van der Waals surface area contributed by atoms with Crippen molar-refractivity contribution in [2.45, 2.75) is 5.92 Å². The second-order valence-corrected chi connectivity index (χ2v) is 7.66. The first-order valence-electron chi connectivity index (χ1n) is 9.60. The molecule has 0 aliphatic rings. The summed E-state index contributed by atoms with van der Waals surface area (Å²) in [6.45, 7) is 0. The van der Waals surface area contributed by atoms with Gasteiger partial charge in [-0.1, -0.05) is 83.9 Å². The monoisotopic (exact) mass is 448 g/mol. The van der Waals surface area contributed by atoms with Crippen molar-refractivity contribution in [3.8, 4) is 11.3 Å². The third kappa shape index (κ3) is 5.05. The molecular formula is C25H18Cl2N2O2. The molecule has 0 saturated carbocycles. The summed E-state index contributed by atoms with van der Waals surface area (Å²) in [7, 11) is 0. The second kappa shape index (κ2) is 9.65. The van der Waals surface area contributed by atoms with Gasteiger partial charge in [0, 0.05) is 10.6 Å². The van der Waals surface area contributed by atoms with Crippen LogP contribution >= 0.6 is 23.2 Å². The van der Waals surface area contributed by atoms with Gasteiger partial charge in [0.05, 0.1) is 17.2 Å². The van der Waals surface area contributed by atoms with Crippen molar-refractivity contribution in [2.24, 2.45) is 5.10 Å². The molecule has 1 N–H and O–H groups in total. The molecule has 0 spiro atoms. The molecule has 3 aromatic carbocycles. The topological polar surface area (TPSA) is 54.6 Å². The molecule has 1 aromatic heterocycles. The van der Waals surface area contributed by atoms with Gasteiger partial charge in [-0.15, -0.1) is 0 Å². The molecule has 6 heteroatoms. The van der Waals surface area contributed by atoms with Crippen molar-refractivity contribution in [2.75, 3.05) is 0 Å². The first kappa shape index (κ1) is 20.9. The fourth-order valence-electron chi connectivity index (χ4n) is 3.26. The number of benzene rings is 3. The van der Waals surface area contributed by atoms with E-state index >= 15 is 0 Å². The van der Waals surface area contributed by atoms with Crippen molar-refractivity contribution >= 4 is 35.3 Å². The van der Waals surface area contributed by atoms with Crippen LogP contribution in [0.2, 0.25) is 10.0 Å². The largest absolute Gasteiger partial charge is 0.455 e. The van der Waals surface area contributed by atoms with E-state index in [1.54, 1.807) is 30.3 Å². The van der Waals surface area contributed by atoms with E-state index in [1.165, 1.54) is 6.21 Å². The van der Waals surface area contributed by atoms with Crippen LogP contribution in [-0.2, 0) is 4.79 Å². The normalized spacial score (nSPS) is 11.2. The quantitative estimate of drug-likeness (QED) is 0.269. The Morgan fingerprint density at radius 2 is 1.52 bits per heavy atom. The fourth-order valence-corrected chi connectivity index (χ4v) is 3.65. The zero-order valence-electron chi connectivity index (χ0n) is 16.3. The molecule has 0 saturated heterocycles. The van der Waals surface area contributed by atoms with Gasteiger partial charge >= 0.3 is 0 Å². The number of furan rings is 1. The first-order chi connectivity index (χ1) is 15.1. The van der Waals surface area contributed by atoms with Crippen LogP contribution in [0.15, 0.2) is 101 Å². The predicted octanol–water partition coefficient (Wildman–Crippen LogP) is 6.54. The number of carbonyl (C=O) groups is 1. The lowest BCUT2D eigenvalue weighted by Crippen LogP contribution is -2.26. The average Bonchev–Trinajstić information content (AvgIpc) is 3.26. The van der Waals surface area contributed by atoms with Gasteiger partial charge in [0.15, 0.2) is 0 Å². The van der Waals surface area contributed by atoms with Crippen LogP contribution in [0.4, 0.5) is 0 Å². The van der Waals surface area contributed by atoms with Crippen LogP contribution in [0.3, 0.4) is 0 Å². The summed E-state index contributed by atoms with van der Waals surface area (Å²) in [5.74, 6) is 0.323. The van der Waals surface area contributed by atoms with Gasteiger partial charge in [0.25, 0.3) is 5.91 Å². The van der Waals surface area contributed by atoms with Crippen molar-refractivity contribution in [1.29, 1.82) is 0 Å². The van der Waals surface area contributed by atoms with Gasteiger partial charge in [0.2, 0.25) is 0 Å². The molecule has 0 aliphatic carbocycles. The van der Waals surface area contributed by atoms with Gasteiger partial charge < -0.3 is 4.42 Å². The SMILES string of the molecule is O=C(N/N=C\c1ccc(-c2cc(Cl)ccc2Cl)o1)C(c1ccccc1)c1ccccc1. The highest BCUT2D eigenvalue weighted by atomic mass is 35.5. The molecular weight excluding hydrogens is 431 g/mol. The van der Waals surface area contributed by atoms with Crippen molar-refractivity contribution in [1.82, 2.24) is 5.43 Å². The number of hydrazone groups is 1. The molecule has 4 nitrogen and oxygen atoms in total. The molecule has 0 bridgehead atoms. The van der Waals surface area contributed by atoms with Crippen LogP contribution in [0.25, 0.3) is 11.3 Å². The molecule has 0 radical (unpaired) electrons. The Hall–Kier alpha value is -3.34. The molecule has 1 heterocycles. The second-order valence-electron chi connectivity index (χ2n) is 6.81. The summed E-state index contributed by atoms with van der Waals surface area (Å²) in [5, 5.41) is 5.18. The van der Waals surface area contributed by atoms with Crippen LogP contribution in [0.1, 0.15) is 22.8 Å². The lowest BCUT2D eigenvalue weighted by Gasteiger charge is -2.16. The van der Waals surface area contributed by atoms with E-state index in [-0.39, 0.29) is 5.91 Å². The Balaban J connectivity index is 1.51. The minimum Gasteiger partial charge on any atom is -0.455 e. The van der Waals surface area contributed by atoms with E-state index in [1.807, 2.05) is 60.7 Å². The number of nitrogens with zero attached hydrogens (tertiary/aromatic N) is 1. The van der Waals surface area contributed by atoms with Crippen LogP contribution in [0.5, 0.6) is 0 Å². The molecule has 31 heavy (non-hydrogen) atoms. The standard InChI is InChI=1S/C25H18Cl2N2O2/c26-19-11-13-22(27)21(15-19)23-14-12-20(31-23)16-28-29-25(30)24(17-7-3-1-4-8-17)18-9-5-2-6-10-18/h1-16,24H,(H,29,30)/b28-16-. The number of hydrogen-bond acceptors (Lipinski definition) is 3. The number of rotatable bonds is 6. The summed E-state index contributed by atoms with van der Waals surface area (Å²) in [5.41, 5.74) is 5.08. The average molecular weight is 449 g/mol. The Bertz CT molecular complexity index is 1170.